The van der Waals surface area contributed by atoms with Gasteiger partial charge in [0.25, 0.3) is 0 Å². The van der Waals surface area contributed by atoms with Crippen molar-refractivity contribution in [1.82, 2.24) is 4.57 Å². The molecule has 6 aromatic carbocycles. The Bertz CT molecular complexity index is 3220. The molecule has 3 nitrogen and oxygen atoms in total. The average Bonchev–Trinajstić information content (AvgIpc) is 3.49. The van der Waals surface area contributed by atoms with E-state index in [2.05, 4.69) is 211 Å². The zero-order chi connectivity index (χ0) is 39.1. The van der Waals surface area contributed by atoms with Crippen LogP contribution >= 0.6 is 0 Å². The second kappa shape index (κ2) is 13.1. The number of aromatic nitrogens is 1. The minimum atomic E-state index is -0.503. The lowest BCUT2D eigenvalue weighted by atomic mass is 9.65. The van der Waals surface area contributed by atoms with Gasteiger partial charge in [0.2, 0.25) is 0 Å². The first-order chi connectivity index (χ1) is 29.2. The molecule has 59 heavy (non-hydrogen) atoms. The molecule has 0 amide bonds. The number of allylic oxidation sites excluding steroid dienone is 7. The van der Waals surface area contributed by atoms with Crippen molar-refractivity contribution in [3.63, 3.8) is 0 Å². The SMILES string of the molecule is CC1C=CC=CC1C1=NC(C2=CC=C=C(c3ccc4c(c3)C3(c5ccccc5-4)c4ccccc4-n4c5ccccc5c5cccc3c54)C=C2)C=CC(c2ccccc2)=N1. The summed E-state index contributed by atoms with van der Waals surface area (Å²) in [7, 11) is 0. The molecule has 3 heteroatoms. The van der Waals surface area contributed by atoms with Crippen LogP contribution in [-0.4, -0.2) is 22.2 Å². The third-order valence-corrected chi connectivity index (χ3v) is 13.0. The molecule has 7 aromatic rings. The number of benzene rings is 6. The highest BCUT2D eigenvalue weighted by Crippen LogP contribution is 2.61. The Morgan fingerprint density at radius 2 is 1.37 bits per heavy atom. The summed E-state index contributed by atoms with van der Waals surface area (Å²) in [6, 6.07) is 51.2. The molecule has 0 N–H and O–H groups in total. The summed E-state index contributed by atoms with van der Waals surface area (Å²) in [5.41, 5.74) is 20.1. The smallest absolute Gasteiger partial charge is 0.132 e. The maximum atomic E-state index is 5.37. The summed E-state index contributed by atoms with van der Waals surface area (Å²) in [6.45, 7) is 2.24. The molecule has 12 rings (SSSR count). The van der Waals surface area contributed by atoms with Crippen LogP contribution in [0.5, 0.6) is 0 Å². The van der Waals surface area contributed by atoms with Crippen LogP contribution in [0.15, 0.2) is 222 Å². The number of para-hydroxylation sites is 3. The Morgan fingerprint density at radius 3 is 2.29 bits per heavy atom. The molecule has 0 radical (unpaired) electrons. The molecular formula is C56H39N3. The molecule has 4 atom stereocenters. The van der Waals surface area contributed by atoms with Crippen LogP contribution in [0.3, 0.4) is 0 Å². The number of fused-ring (bicyclic) bond motifs is 12. The third kappa shape index (κ3) is 4.96. The average molecular weight is 754 g/mol. The standard InChI is InChI=1S/C56H39N3/c1-36-15-5-6-20-41(36)55-57-50(38-16-3-2-4-17-38)33-34-51(58-55)39-19-13-18-37(29-30-39)40-31-32-43-42-21-7-9-24-46(42)56(49(43)35-40)47-25-10-12-28-53(47)59-52-27-11-8-22-44(52)45-23-14-26-48(56)54(45)59/h2-17,19-36,41,51H,1H3. The van der Waals surface area contributed by atoms with E-state index in [4.69, 9.17) is 9.98 Å². The number of nitrogens with zero attached hydrogens (tertiary/aromatic N) is 3. The lowest BCUT2D eigenvalue weighted by Crippen LogP contribution is -2.33. The van der Waals surface area contributed by atoms with E-state index in [0.29, 0.717) is 5.92 Å². The van der Waals surface area contributed by atoms with Gasteiger partial charge in [-0.2, -0.15) is 0 Å². The van der Waals surface area contributed by atoms with Crippen molar-refractivity contribution >= 4 is 38.9 Å². The van der Waals surface area contributed by atoms with Gasteiger partial charge in [0.15, 0.2) is 0 Å². The molecule has 5 aliphatic rings. The lowest BCUT2D eigenvalue weighted by Gasteiger charge is -2.39. The van der Waals surface area contributed by atoms with Gasteiger partial charge in [0, 0.05) is 27.8 Å². The van der Waals surface area contributed by atoms with Gasteiger partial charge in [-0.05, 0) is 92.9 Å². The quantitative estimate of drug-likeness (QED) is 0.160. The highest BCUT2D eigenvalue weighted by molar-refractivity contribution is 6.15. The molecule has 3 aliphatic carbocycles. The summed E-state index contributed by atoms with van der Waals surface area (Å²) >= 11 is 0. The fourth-order valence-electron chi connectivity index (χ4n) is 10.3. The minimum Gasteiger partial charge on any atom is -0.309 e. The lowest BCUT2D eigenvalue weighted by molar-refractivity contribution is 0.628. The Balaban J connectivity index is 0.982. The molecule has 278 valence electrons. The van der Waals surface area contributed by atoms with E-state index in [1.165, 1.54) is 60.9 Å². The van der Waals surface area contributed by atoms with E-state index < -0.39 is 5.41 Å². The summed E-state index contributed by atoms with van der Waals surface area (Å²) < 4.78 is 2.50. The van der Waals surface area contributed by atoms with Gasteiger partial charge in [-0.1, -0.05) is 165 Å². The molecule has 0 bridgehead atoms. The van der Waals surface area contributed by atoms with E-state index in [1.807, 2.05) is 6.07 Å². The Morgan fingerprint density at radius 1 is 0.610 bits per heavy atom. The topological polar surface area (TPSA) is 29.6 Å². The van der Waals surface area contributed by atoms with Gasteiger partial charge in [-0.15, -0.1) is 5.73 Å². The normalized spacial score (nSPS) is 22.0. The Hall–Kier alpha value is -7.32. The molecule has 4 unspecified atom stereocenters. The minimum absolute atomic E-state index is 0.0977. The predicted octanol–water partition coefficient (Wildman–Crippen LogP) is 12.7. The van der Waals surface area contributed by atoms with E-state index in [9.17, 15) is 0 Å². The Kier molecular flexibility index (Phi) is 7.51. The van der Waals surface area contributed by atoms with Gasteiger partial charge in [-0.25, -0.2) is 4.99 Å². The third-order valence-electron chi connectivity index (χ3n) is 13.0. The summed E-state index contributed by atoms with van der Waals surface area (Å²) in [5.74, 6) is 1.25. The Labute approximate surface area is 344 Å². The molecule has 1 aromatic heterocycles. The van der Waals surface area contributed by atoms with Gasteiger partial charge in [-0.3, -0.25) is 4.99 Å². The monoisotopic (exact) mass is 753 g/mol. The first-order valence-electron chi connectivity index (χ1n) is 20.7. The fraction of sp³-hybridized carbons (Fsp3) is 0.0893. The van der Waals surface area contributed by atoms with Gasteiger partial charge in [0.1, 0.15) is 5.84 Å². The van der Waals surface area contributed by atoms with Crippen LogP contribution in [0.25, 0.3) is 44.2 Å². The largest absolute Gasteiger partial charge is 0.309 e. The van der Waals surface area contributed by atoms with Crippen LogP contribution in [0.4, 0.5) is 0 Å². The summed E-state index contributed by atoms with van der Waals surface area (Å²) in [6.07, 6.45) is 21.7. The van der Waals surface area contributed by atoms with Crippen LogP contribution in [0, 0.1) is 11.8 Å². The van der Waals surface area contributed by atoms with E-state index >= 15 is 0 Å². The molecule has 0 saturated carbocycles. The molecule has 0 saturated heterocycles. The van der Waals surface area contributed by atoms with Crippen molar-refractivity contribution < 1.29 is 0 Å². The zero-order valence-electron chi connectivity index (χ0n) is 32.6. The number of aliphatic imine (C=N–C) groups is 2. The first kappa shape index (κ1) is 33.8. The molecule has 3 heterocycles. The second-order valence-electron chi connectivity index (χ2n) is 16.2. The fourth-order valence-corrected chi connectivity index (χ4v) is 10.3. The van der Waals surface area contributed by atoms with Gasteiger partial charge in [0.05, 0.1) is 33.9 Å². The van der Waals surface area contributed by atoms with Crippen molar-refractivity contribution in [1.29, 1.82) is 0 Å². The van der Waals surface area contributed by atoms with E-state index in [1.54, 1.807) is 0 Å². The maximum Gasteiger partial charge on any atom is 0.132 e. The van der Waals surface area contributed by atoms with Crippen molar-refractivity contribution in [3.05, 3.63) is 245 Å². The number of hydrogen-bond donors (Lipinski definition) is 0. The molecular weight excluding hydrogens is 715 g/mol. The van der Waals surface area contributed by atoms with Crippen LogP contribution in [-0.2, 0) is 5.41 Å². The maximum absolute atomic E-state index is 5.37. The van der Waals surface area contributed by atoms with Crippen LogP contribution < -0.4 is 0 Å². The second-order valence-corrected chi connectivity index (χ2v) is 16.2. The highest BCUT2D eigenvalue weighted by atomic mass is 15.0. The highest BCUT2D eigenvalue weighted by Gasteiger charge is 2.50. The summed E-state index contributed by atoms with van der Waals surface area (Å²) in [4.78, 5) is 10.6. The van der Waals surface area contributed by atoms with Crippen LogP contribution in [0.1, 0.15) is 40.3 Å². The van der Waals surface area contributed by atoms with Crippen molar-refractivity contribution in [2.45, 2.75) is 18.4 Å². The van der Waals surface area contributed by atoms with Crippen molar-refractivity contribution in [2.24, 2.45) is 21.8 Å². The van der Waals surface area contributed by atoms with Crippen molar-refractivity contribution in [3.8, 4) is 16.8 Å². The number of amidine groups is 1. The molecule has 2 aliphatic heterocycles. The van der Waals surface area contributed by atoms with E-state index in [0.717, 1.165) is 33.8 Å². The molecule has 0 fully saturated rings. The summed E-state index contributed by atoms with van der Waals surface area (Å²) in [5, 5.41) is 2.57. The van der Waals surface area contributed by atoms with Gasteiger partial charge >= 0.3 is 0 Å². The van der Waals surface area contributed by atoms with Gasteiger partial charge < -0.3 is 4.57 Å². The molecule has 1 spiro atoms. The number of rotatable bonds is 4. The van der Waals surface area contributed by atoms with Crippen molar-refractivity contribution in [2.75, 3.05) is 0 Å². The number of hydrogen-bond acceptors (Lipinski definition) is 2. The van der Waals surface area contributed by atoms with E-state index in [-0.39, 0.29) is 12.0 Å². The zero-order valence-corrected chi connectivity index (χ0v) is 32.6. The first-order valence-corrected chi connectivity index (χ1v) is 20.7. The van der Waals surface area contributed by atoms with Crippen LogP contribution in [0.2, 0.25) is 0 Å². The predicted molar refractivity (Wildman–Crippen MR) is 245 cm³/mol.